The first-order valence-corrected chi connectivity index (χ1v) is 12.0. The maximum absolute atomic E-state index is 11.8. The van der Waals surface area contributed by atoms with E-state index in [1.54, 1.807) is 0 Å². The smallest absolute Gasteiger partial charge is 0.222 e. The molecule has 0 atom stereocenters. The first-order chi connectivity index (χ1) is 15.8. The number of rotatable bonds is 5. The number of pyridine rings is 1. The van der Waals surface area contributed by atoms with Gasteiger partial charge >= 0.3 is 0 Å². The van der Waals surface area contributed by atoms with Crippen molar-refractivity contribution in [3.05, 3.63) is 36.2 Å². The molecule has 5 rings (SSSR count). The number of aromatic nitrogens is 3. The molecule has 2 aromatic heterocycles. The zero-order valence-corrected chi connectivity index (χ0v) is 20.2. The highest BCUT2D eigenvalue weighted by Crippen LogP contribution is 2.38. The van der Waals surface area contributed by atoms with E-state index in [2.05, 4.69) is 52.3 Å². The highest BCUT2D eigenvalue weighted by atomic mass is 16.1. The van der Waals surface area contributed by atoms with Gasteiger partial charge in [-0.15, -0.1) is 0 Å². The molecule has 0 saturated carbocycles. The molecule has 174 valence electrons. The summed E-state index contributed by atoms with van der Waals surface area (Å²) in [6, 6.07) is 8.56. The summed E-state index contributed by atoms with van der Waals surface area (Å²) in [6.07, 6.45) is 5.87. The third-order valence-electron chi connectivity index (χ3n) is 6.85. The van der Waals surface area contributed by atoms with E-state index in [0.29, 0.717) is 5.82 Å². The monoisotopic (exact) mass is 446 g/mol. The molecule has 1 amide bonds. The summed E-state index contributed by atoms with van der Waals surface area (Å²) >= 11 is 0. The molecular weight excluding hydrogens is 412 g/mol. The molecule has 1 N–H and O–H groups in total. The quantitative estimate of drug-likeness (QED) is 0.628. The van der Waals surface area contributed by atoms with Crippen LogP contribution in [0.2, 0.25) is 0 Å². The molecule has 2 fully saturated rings. The second kappa shape index (κ2) is 8.45. The van der Waals surface area contributed by atoms with E-state index in [1.165, 1.54) is 37.4 Å². The highest BCUT2D eigenvalue weighted by molar-refractivity contribution is 5.99. The number of anilines is 2. The Hall–Kier alpha value is -2.93. The summed E-state index contributed by atoms with van der Waals surface area (Å²) in [6.45, 7) is 11.2. The lowest BCUT2D eigenvalue weighted by atomic mass is 9.84. The Labute approximate surface area is 195 Å². The number of piperidine rings is 1. The van der Waals surface area contributed by atoms with Crippen molar-refractivity contribution in [3.8, 4) is 11.1 Å². The van der Waals surface area contributed by atoms with Gasteiger partial charge in [0, 0.05) is 44.6 Å². The molecule has 0 aliphatic carbocycles. The average Bonchev–Trinajstić information content (AvgIpc) is 3.11. The van der Waals surface area contributed by atoms with Crippen LogP contribution in [0.4, 0.5) is 11.6 Å². The molecule has 33 heavy (non-hydrogen) atoms. The topological polar surface area (TPSA) is 66.3 Å². The zero-order chi connectivity index (χ0) is 23.2. The third-order valence-corrected chi connectivity index (χ3v) is 6.85. The number of nitrogens with zero attached hydrogens (tertiary/aromatic N) is 5. The van der Waals surface area contributed by atoms with Crippen LogP contribution in [0.5, 0.6) is 0 Å². The standard InChI is InChI=1S/C26H34N6O/c1-18(33)28-24-13-20-12-19(8-9-21(20)25(29-24)32-16-26(2,3)17-32)22-14-27-30(4)23(22)15-31-10-6-5-7-11-31/h8-9,12-14H,5-7,10-11,15-17H2,1-4H3,(H,28,29,33). The van der Waals surface area contributed by atoms with E-state index in [0.717, 1.165) is 54.9 Å². The molecule has 7 nitrogen and oxygen atoms in total. The number of carbonyl (C=O) groups excluding carboxylic acids is 1. The van der Waals surface area contributed by atoms with E-state index in [9.17, 15) is 4.79 Å². The van der Waals surface area contributed by atoms with E-state index < -0.39 is 0 Å². The third kappa shape index (κ3) is 4.47. The van der Waals surface area contributed by atoms with Gasteiger partial charge < -0.3 is 10.2 Å². The number of amides is 1. The summed E-state index contributed by atoms with van der Waals surface area (Å²) in [4.78, 5) is 21.4. The Bertz CT molecular complexity index is 1180. The number of benzene rings is 1. The number of carbonyl (C=O) groups is 1. The molecule has 0 unspecified atom stereocenters. The van der Waals surface area contributed by atoms with Crippen LogP contribution in [0, 0.1) is 5.41 Å². The van der Waals surface area contributed by atoms with Crippen LogP contribution in [0.3, 0.4) is 0 Å². The summed E-state index contributed by atoms with van der Waals surface area (Å²) in [7, 11) is 2.03. The van der Waals surface area contributed by atoms with Gasteiger partial charge in [0.05, 0.1) is 11.9 Å². The fourth-order valence-electron chi connectivity index (χ4n) is 5.25. The van der Waals surface area contributed by atoms with E-state index in [1.807, 2.05) is 24.0 Å². The predicted molar refractivity (Wildman–Crippen MR) is 133 cm³/mol. The van der Waals surface area contributed by atoms with Gasteiger partial charge in [0.25, 0.3) is 0 Å². The van der Waals surface area contributed by atoms with Crippen molar-refractivity contribution in [2.24, 2.45) is 12.5 Å². The lowest BCUT2D eigenvalue weighted by Gasteiger charge is -2.47. The van der Waals surface area contributed by atoms with Crippen LogP contribution in [0.25, 0.3) is 21.9 Å². The minimum Gasteiger partial charge on any atom is -0.355 e. The predicted octanol–water partition coefficient (Wildman–Crippen LogP) is 4.43. The first-order valence-electron chi connectivity index (χ1n) is 12.0. The molecule has 2 saturated heterocycles. The van der Waals surface area contributed by atoms with Gasteiger partial charge in [0.2, 0.25) is 5.91 Å². The summed E-state index contributed by atoms with van der Waals surface area (Å²) in [5.41, 5.74) is 3.86. The van der Waals surface area contributed by atoms with Crippen molar-refractivity contribution >= 4 is 28.3 Å². The molecule has 4 heterocycles. The van der Waals surface area contributed by atoms with Gasteiger partial charge in [-0.25, -0.2) is 4.98 Å². The molecule has 1 aromatic carbocycles. The molecule has 0 spiro atoms. The molecule has 0 radical (unpaired) electrons. The van der Waals surface area contributed by atoms with E-state index in [4.69, 9.17) is 4.98 Å². The number of fused-ring (bicyclic) bond motifs is 1. The lowest BCUT2D eigenvalue weighted by Crippen LogP contribution is -2.53. The minimum atomic E-state index is -0.107. The number of nitrogens with one attached hydrogen (secondary N) is 1. The van der Waals surface area contributed by atoms with Crippen molar-refractivity contribution in [2.75, 3.05) is 36.4 Å². The molecule has 7 heteroatoms. The Morgan fingerprint density at radius 2 is 1.88 bits per heavy atom. The van der Waals surface area contributed by atoms with Crippen LogP contribution in [0.1, 0.15) is 45.7 Å². The Morgan fingerprint density at radius 3 is 2.58 bits per heavy atom. The van der Waals surface area contributed by atoms with Gasteiger partial charge in [-0.05, 0) is 54.4 Å². The van der Waals surface area contributed by atoms with Crippen LogP contribution < -0.4 is 10.2 Å². The maximum Gasteiger partial charge on any atom is 0.222 e. The van der Waals surface area contributed by atoms with Crippen molar-refractivity contribution < 1.29 is 4.79 Å². The maximum atomic E-state index is 11.8. The summed E-state index contributed by atoms with van der Waals surface area (Å²) < 4.78 is 2.01. The van der Waals surface area contributed by atoms with Gasteiger partial charge in [0.15, 0.2) is 0 Å². The summed E-state index contributed by atoms with van der Waals surface area (Å²) in [5.74, 6) is 1.44. The average molecular weight is 447 g/mol. The second-order valence-electron chi connectivity index (χ2n) is 10.4. The molecule has 3 aromatic rings. The van der Waals surface area contributed by atoms with E-state index in [-0.39, 0.29) is 11.3 Å². The molecule has 0 bridgehead atoms. The SMILES string of the molecule is CC(=O)Nc1cc2cc(-c3cnn(C)c3CN3CCCCC3)ccc2c(N2CC(C)(C)C2)n1. The zero-order valence-electron chi connectivity index (χ0n) is 20.2. The first kappa shape index (κ1) is 21.9. The van der Waals surface area contributed by atoms with Gasteiger partial charge in [-0.1, -0.05) is 32.4 Å². The fourth-order valence-corrected chi connectivity index (χ4v) is 5.25. The van der Waals surface area contributed by atoms with Crippen molar-refractivity contribution in [1.29, 1.82) is 0 Å². The van der Waals surface area contributed by atoms with Crippen molar-refractivity contribution in [1.82, 2.24) is 19.7 Å². The van der Waals surface area contributed by atoms with Crippen molar-refractivity contribution in [3.63, 3.8) is 0 Å². The lowest BCUT2D eigenvalue weighted by molar-refractivity contribution is -0.114. The highest BCUT2D eigenvalue weighted by Gasteiger charge is 2.36. The molecule has 2 aliphatic rings. The number of hydrogen-bond donors (Lipinski definition) is 1. The fraction of sp³-hybridized carbons (Fsp3) is 0.500. The van der Waals surface area contributed by atoms with Gasteiger partial charge in [-0.2, -0.15) is 5.10 Å². The molecule has 2 aliphatic heterocycles. The molecular formula is C26H34N6O. The van der Waals surface area contributed by atoms with Crippen molar-refractivity contribution in [2.45, 2.75) is 46.6 Å². The second-order valence-corrected chi connectivity index (χ2v) is 10.4. The van der Waals surface area contributed by atoms with Gasteiger partial charge in [0.1, 0.15) is 11.6 Å². The Balaban J connectivity index is 1.54. The van der Waals surface area contributed by atoms with E-state index >= 15 is 0 Å². The number of likely N-dealkylation sites (tertiary alicyclic amines) is 1. The Kier molecular flexibility index (Phi) is 5.60. The van der Waals surface area contributed by atoms with Crippen LogP contribution in [-0.2, 0) is 18.4 Å². The van der Waals surface area contributed by atoms with Crippen LogP contribution >= 0.6 is 0 Å². The normalized spacial score (nSPS) is 18.4. The van der Waals surface area contributed by atoms with Gasteiger partial charge in [-0.3, -0.25) is 14.4 Å². The number of hydrogen-bond acceptors (Lipinski definition) is 5. The van der Waals surface area contributed by atoms with Crippen LogP contribution in [0.15, 0.2) is 30.5 Å². The number of aryl methyl sites for hydroxylation is 1. The van der Waals surface area contributed by atoms with Crippen LogP contribution in [-0.4, -0.2) is 51.8 Å². The largest absolute Gasteiger partial charge is 0.355 e. The Morgan fingerprint density at radius 1 is 1.12 bits per heavy atom. The summed E-state index contributed by atoms with van der Waals surface area (Å²) in [5, 5.41) is 9.68. The minimum absolute atomic E-state index is 0.107.